The van der Waals surface area contributed by atoms with Gasteiger partial charge in [0.25, 0.3) is 0 Å². The third kappa shape index (κ3) is 6.45. The molecule has 1 unspecified atom stereocenters. The predicted octanol–water partition coefficient (Wildman–Crippen LogP) is 5.42. The van der Waals surface area contributed by atoms with Gasteiger partial charge in [0.05, 0.1) is 0 Å². The van der Waals surface area contributed by atoms with E-state index in [2.05, 4.69) is 27.7 Å². The van der Waals surface area contributed by atoms with Gasteiger partial charge in [-0.05, 0) is 18.3 Å². The molecule has 0 fully saturated rings. The topological polar surface area (TPSA) is 0 Å². The Labute approximate surface area is 91.5 Å². The molecule has 0 aromatic rings. The Bertz CT molecular complexity index is 101. The molecule has 1 atom stereocenters. The first kappa shape index (κ1) is 14.0. The fourth-order valence-electron chi connectivity index (χ4n) is 2.56. The summed E-state index contributed by atoms with van der Waals surface area (Å²) < 4.78 is 0. The second-order valence-electron chi connectivity index (χ2n) is 4.74. The van der Waals surface area contributed by atoms with E-state index in [0.717, 1.165) is 11.8 Å². The minimum atomic E-state index is 1.00. The van der Waals surface area contributed by atoms with Crippen LogP contribution in [0.25, 0.3) is 0 Å². The molecule has 0 aromatic heterocycles. The molecule has 0 saturated carbocycles. The van der Waals surface area contributed by atoms with Crippen LogP contribution in [0, 0.1) is 11.8 Å². The van der Waals surface area contributed by atoms with E-state index in [4.69, 9.17) is 0 Å². The van der Waals surface area contributed by atoms with Gasteiger partial charge in [-0.25, -0.2) is 0 Å². The molecule has 0 aromatic carbocycles. The average molecular weight is 198 g/mol. The van der Waals surface area contributed by atoms with Gasteiger partial charge >= 0.3 is 0 Å². The minimum Gasteiger partial charge on any atom is -0.0654 e. The Hall–Kier alpha value is 0. The molecular formula is C14H30. The number of hydrogen-bond donors (Lipinski definition) is 0. The van der Waals surface area contributed by atoms with Gasteiger partial charge in [-0.2, -0.15) is 0 Å². The van der Waals surface area contributed by atoms with E-state index in [1.807, 2.05) is 0 Å². The van der Waals surface area contributed by atoms with Crippen molar-refractivity contribution in [1.82, 2.24) is 0 Å². The van der Waals surface area contributed by atoms with E-state index in [-0.39, 0.29) is 0 Å². The van der Waals surface area contributed by atoms with Gasteiger partial charge in [-0.15, -0.1) is 0 Å². The Morgan fingerprint density at radius 3 is 1.43 bits per heavy atom. The van der Waals surface area contributed by atoms with Crippen molar-refractivity contribution in [1.29, 1.82) is 0 Å². The molecule has 0 aliphatic heterocycles. The van der Waals surface area contributed by atoms with Crippen LogP contribution >= 0.6 is 0 Å². The quantitative estimate of drug-likeness (QED) is 0.464. The molecule has 0 spiro atoms. The van der Waals surface area contributed by atoms with E-state index in [0.29, 0.717) is 0 Å². The van der Waals surface area contributed by atoms with Crippen LogP contribution in [0.2, 0.25) is 0 Å². The second kappa shape index (κ2) is 9.55. The van der Waals surface area contributed by atoms with Gasteiger partial charge in [0.2, 0.25) is 0 Å². The van der Waals surface area contributed by atoms with Crippen molar-refractivity contribution in [2.24, 2.45) is 11.8 Å². The summed E-state index contributed by atoms with van der Waals surface area (Å²) in [4.78, 5) is 0. The van der Waals surface area contributed by atoms with Crippen molar-refractivity contribution >= 4 is 0 Å². The Morgan fingerprint density at radius 1 is 0.643 bits per heavy atom. The maximum Gasteiger partial charge on any atom is -0.0412 e. The lowest BCUT2D eigenvalue weighted by atomic mass is 9.85. The lowest BCUT2D eigenvalue weighted by molar-refractivity contribution is 0.309. The molecule has 0 radical (unpaired) electrons. The van der Waals surface area contributed by atoms with E-state index in [9.17, 15) is 0 Å². The van der Waals surface area contributed by atoms with Crippen molar-refractivity contribution in [3.05, 3.63) is 0 Å². The average Bonchev–Trinajstić information content (AvgIpc) is 2.18. The number of rotatable bonds is 9. The molecule has 0 heterocycles. The zero-order chi connectivity index (χ0) is 10.8. The molecule has 0 N–H and O–H groups in total. The maximum atomic E-state index is 2.36. The molecule has 0 rings (SSSR count). The fourth-order valence-corrected chi connectivity index (χ4v) is 2.56. The Balaban J connectivity index is 3.83. The van der Waals surface area contributed by atoms with E-state index in [1.54, 1.807) is 0 Å². The third-order valence-electron chi connectivity index (χ3n) is 3.33. The van der Waals surface area contributed by atoms with Gasteiger partial charge < -0.3 is 0 Å². The summed E-state index contributed by atoms with van der Waals surface area (Å²) in [6.07, 6.45) is 11.3. The summed E-state index contributed by atoms with van der Waals surface area (Å²) in [6.45, 7) is 9.32. The summed E-state index contributed by atoms with van der Waals surface area (Å²) in [5, 5.41) is 0. The van der Waals surface area contributed by atoms with Crippen molar-refractivity contribution in [2.45, 2.75) is 79.1 Å². The SMILES string of the molecule is CCCC(CC)CC(CCC)CCC. The molecule has 0 aliphatic rings. The molecule has 14 heavy (non-hydrogen) atoms. The highest BCUT2D eigenvalue weighted by atomic mass is 14.2. The second-order valence-corrected chi connectivity index (χ2v) is 4.74. The van der Waals surface area contributed by atoms with Crippen LogP contribution in [0.4, 0.5) is 0 Å². The van der Waals surface area contributed by atoms with Crippen LogP contribution in [0.1, 0.15) is 79.1 Å². The monoisotopic (exact) mass is 198 g/mol. The predicted molar refractivity (Wildman–Crippen MR) is 66.6 cm³/mol. The van der Waals surface area contributed by atoms with Crippen molar-refractivity contribution in [3.63, 3.8) is 0 Å². The van der Waals surface area contributed by atoms with E-state index in [1.165, 1.54) is 51.4 Å². The standard InChI is InChI=1S/C14H30/c1-5-9-13(8-4)12-14(10-6-2)11-7-3/h13-14H,5-12H2,1-4H3. The minimum absolute atomic E-state index is 1.00. The Morgan fingerprint density at radius 2 is 1.07 bits per heavy atom. The molecule has 0 amide bonds. The van der Waals surface area contributed by atoms with Crippen LogP contribution in [0.15, 0.2) is 0 Å². The van der Waals surface area contributed by atoms with Crippen LogP contribution in [-0.2, 0) is 0 Å². The van der Waals surface area contributed by atoms with Crippen LogP contribution in [0.5, 0.6) is 0 Å². The van der Waals surface area contributed by atoms with E-state index >= 15 is 0 Å². The zero-order valence-electron chi connectivity index (χ0n) is 10.8. The third-order valence-corrected chi connectivity index (χ3v) is 3.33. The Kier molecular flexibility index (Phi) is 9.55. The first-order chi connectivity index (χ1) is 6.78. The van der Waals surface area contributed by atoms with Gasteiger partial charge in [0.1, 0.15) is 0 Å². The maximum absolute atomic E-state index is 2.36. The molecular weight excluding hydrogens is 168 g/mol. The molecule has 86 valence electrons. The molecule has 0 nitrogen and oxygen atoms in total. The molecule has 0 aliphatic carbocycles. The molecule has 0 saturated heterocycles. The van der Waals surface area contributed by atoms with Crippen molar-refractivity contribution in [3.8, 4) is 0 Å². The van der Waals surface area contributed by atoms with Crippen LogP contribution in [0.3, 0.4) is 0 Å². The van der Waals surface area contributed by atoms with Gasteiger partial charge in [-0.3, -0.25) is 0 Å². The highest BCUT2D eigenvalue weighted by Gasteiger charge is 2.13. The zero-order valence-corrected chi connectivity index (χ0v) is 10.8. The largest absolute Gasteiger partial charge is 0.0654 e. The van der Waals surface area contributed by atoms with Gasteiger partial charge in [0, 0.05) is 0 Å². The molecule has 0 bridgehead atoms. The lowest BCUT2D eigenvalue weighted by Crippen LogP contribution is -2.08. The van der Waals surface area contributed by atoms with Crippen LogP contribution < -0.4 is 0 Å². The summed E-state index contributed by atoms with van der Waals surface area (Å²) in [5.41, 5.74) is 0. The highest BCUT2D eigenvalue weighted by Crippen LogP contribution is 2.26. The van der Waals surface area contributed by atoms with Gasteiger partial charge in [-0.1, -0.05) is 72.6 Å². The molecule has 0 heteroatoms. The van der Waals surface area contributed by atoms with Crippen LogP contribution in [-0.4, -0.2) is 0 Å². The first-order valence-corrected chi connectivity index (χ1v) is 6.78. The fraction of sp³-hybridized carbons (Fsp3) is 1.00. The lowest BCUT2D eigenvalue weighted by Gasteiger charge is -2.21. The van der Waals surface area contributed by atoms with Crippen molar-refractivity contribution < 1.29 is 0 Å². The smallest absolute Gasteiger partial charge is 0.0412 e. The summed E-state index contributed by atoms with van der Waals surface area (Å²) in [6, 6.07) is 0. The summed E-state index contributed by atoms with van der Waals surface area (Å²) in [7, 11) is 0. The summed E-state index contributed by atoms with van der Waals surface area (Å²) in [5.74, 6) is 2.02. The summed E-state index contributed by atoms with van der Waals surface area (Å²) >= 11 is 0. The number of hydrogen-bond acceptors (Lipinski definition) is 0. The highest BCUT2D eigenvalue weighted by molar-refractivity contribution is 4.65. The normalized spacial score (nSPS) is 13.5. The van der Waals surface area contributed by atoms with Gasteiger partial charge in [0.15, 0.2) is 0 Å². The van der Waals surface area contributed by atoms with E-state index < -0.39 is 0 Å². The van der Waals surface area contributed by atoms with Crippen molar-refractivity contribution in [2.75, 3.05) is 0 Å². The first-order valence-electron chi connectivity index (χ1n) is 6.78.